The number of nitrogens with one attached hydrogen (secondary N) is 1. The van der Waals surface area contributed by atoms with E-state index in [1.165, 1.54) is 17.7 Å². The molecule has 3 saturated heterocycles. The third-order valence-corrected chi connectivity index (χ3v) is 3.80. The van der Waals surface area contributed by atoms with Gasteiger partial charge < -0.3 is 10.1 Å². The molecule has 3 rings (SSSR count). The van der Waals surface area contributed by atoms with E-state index in [2.05, 4.69) is 5.32 Å². The molecule has 0 aromatic heterocycles. The van der Waals surface area contributed by atoms with Gasteiger partial charge in [0.1, 0.15) is 13.2 Å². The van der Waals surface area contributed by atoms with Crippen LogP contribution in [-0.4, -0.2) is 48.1 Å². The molecule has 6 heteroatoms. The third-order valence-electron chi connectivity index (χ3n) is 3.80. The number of halogens is 1. The van der Waals surface area contributed by atoms with Crippen molar-refractivity contribution in [3.63, 3.8) is 0 Å². The Morgan fingerprint density at radius 1 is 1.06 bits per heavy atom. The quantitative estimate of drug-likeness (QED) is 0.679. The van der Waals surface area contributed by atoms with Crippen LogP contribution in [0.3, 0.4) is 0 Å². The first kappa shape index (κ1) is 12.8. The van der Waals surface area contributed by atoms with Gasteiger partial charge in [0.05, 0.1) is 0 Å². The highest BCUT2D eigenvalue weighted by Crippen LogP contribution is 2.30. The number of rotatable bonds is 1. The van der Waals surface area contributed by atoms with Crippen LogP contribution in [0.25, 0.3) is 0 Å². The molecule has 0 radical (unpaired) electrons. The summed E-state index contributed by atoms with van der Waals surface area (Å²) in [5.74, 6) is -0.329. The number of nitrogens with zero attached hydrogens (tertiary/aromatic N) is 1. The predicted octanol–water partition coefficient (Wildman–Crippen LogP) is 0.0766. The summed E-state index contributed by atoms with van der Waals surface area (Å²) in [5.41, 5.74) is 0. The second-order valence-corrected chi connectivity index (χ2v) is 4.91. The van der Waals surface area contributed by atoms with Gasteiger partial charge in [0.25, 0.3) is 11.8 Å². The van der Waals surface area contributed by atoms with Crippen molar-refractivity contribution in [2.75, 3.05) is 13.2 Å². The molecular formula is C11H17ClN2O3. The maximum absolute atomic E-state index is 11.7. The van der Waals surface area contributed by atoms with Crippen molar-refractivity contribution in [2.45, 2.75) is 43.8 Å². The molecule has 2 bridgehead atoms. The summed E-state index contributed by atoms with van der Waals surface area (Å²) in [7, 11) is 0. The molecule has 0 saturated carbocycles. The average molecular weight is 261 g/mol. The highest BCUT2D eigenvalue weighted by Gasteiger charge is 2.41. The van der Waals surface area contributed by atoms with Gasteiger partial charge in [-0.3, -0.25) is 14.5 Å². The molecule has 3 fully saturated rings. The summed E-state index contributed by atoms with van der Waals surface area (Å²) in [5, 5.41) is 3.51. The Morgan fingerprint density at radius 3 is 2.12 bits per heavy atom. The molecule has 0 aromatic rings. The van der Waals surface area contributed by atoms with E-state index in [0.717, 1.165) is 12.8 Å². The van der Waals surface area contributed by atoms with E-state index in [1.807, 2.05) is 0 Å². The Hall–Kier alpha value is -0.650. The standard InChI is InChI=1S/C11H16N2O3.ClH/c14-10-5-16-6-11(15)13(10)9-3-7-1-2-8(4-9)12-7;/h7-9,12H,1-6H2;1H. The molecule has 0 aliphatic carbocycles. The maximum Gasteiger partial charge on any atom is 0.255 e. The van der Waals surface area contributed by atoms with Gasteiger partial charge in [-0.25, -0.2) is 0 Å². The monoisotopic (exact) mass is 260 g/mol. The normalized spacial score (nSPS) is 36.9. The first-order chi connectivity index (χ1) is 7.74. The number of carbonyl (C=O) groups excluding carboxylic acids is 2. The van der Waals surface area contributed by atoms with Crippen molar-refractivity contribution in [2.24, 2.45) is 0 Å². The van der Waals surface area contributed by atoms with Gasteiger partial charge in [0.15, 0.2) is 0 Å². The number of morpholine rings is 1. The van der Waals surface area contributed by atoms with Crippen molar-refractivity contribution >= 4 is 24.2 Å². The zero-order valence-corrected chi connectivity index (χ0v) is 10.4. The molecule has 0 spiro atoms. The number of carbonyl (C=O) groups is 2. The zero-order valence-electron chi connectivity index (χ0n) is 9.55. The minimum absolute atomic E-state index is 0. The first-order valence-corrected chi connectivity index (χ1v) is 5.92. The molecule has 3 aliphatic heterocycles. The summed E-state index contributed by atoms with van der Waals surface area (Å²) < 4.78 is 4.93. The molecule has 0 aromatic carbocycles. The van der Waals surface area contributed by atoms with E-state index in [9.17, 15) is 9.59 Å². The number of amides is 2. The molecule has 17 heavy (non-hydrogen) atoms. The van der Waals surface area contributed by atoms with Gasteiger partial charge >= 0.3 is 0 Å². The zero-order chi connectivity index (χ0) is 11.1. The van der Waals surface area contributed by atoms with Crippen molar-refractivity contribution < 1.29 is 14.3 Å². The average Bonchev–Trinajstić information content (AvgIpc) is 2.58. The van der Waals surface area contributed by atoms with E-state index in [4.69, 9.17) is 4.74 Å². The lowest BCUT2D eigenvalue weighted by atomic mass is 9.97. The molecule has 2 amide bonds. The fourth-order valence-corrected chi connectivity index (χ4v) is 3.15. The molecule has 3 aliphatic rings. The number of ether oxygens (including phenoxy) is 1. The predicted molar refractivity (Wildman–Crippen MR) is 62.9 cm³/mol. The summed E-state index contributed by atoms with van der Waals surface area (Å²) in [6.07, 6.45) is 4.17. The number of fused-ring (bicyclic) bond motifs is 2. The summed E-state index contributed by atoms with van der Waals surface area (Å²) in [4.78, 5) is 24.8. The Balaban J connectivity index is 0.00000108. The largest absolute Gasteiger partial charge is 0.362 e. The Kier molecular flexibility index (Phi) is 3.70. The van der Waals surface area contributed by atoms with Crippen molar-refractivity contribution in [3.05, 3.63) is 0 Å². The minimum Gasteiger partial charge on any atom is -0.362 e. The van der Waals surface area contributed by atoms with Crippen LogP contribution in [0.2, 0.25) is 0 Å². The minimum atomic E-state index is -0.164. The van der Waals surface area contributed by atoms with Crippen LogP contribution in [0.1, 0.15) is 25.7 Å². The molecule has 1 N–H and O–H groups in total. The molecular weight excluding hydrogens is 244 g/mol. The molecule has 96 valence electrons. The third kappa shape index (κ3) is 2.32. The first-order valence-electron chi connectivity index (χ1n) is 5.92. The van der Waals surface area contributed by atoms with Crippen molar-refractivity contribution in [3.8, 4) is 0 Å². The highest BCUT2D eigenvalue weighted by atomic mass is 35.5. The fourth-order valence-electron chi connectivity index (χ4n) is 3.15. The lowest BCUT2D eigenvalue weighted by Crippen LogP contribution is -2.56. The van der Waals surface area contributed by atoms with Crippen LogP contribution >= 0.6 is 12.4 Å². The second-order valence-electron chi connectivity index (χ2n) is 4.91. The van der Waals surface area contributed by atoms with E-state index in [0.29, 0.717) is 12.1 Å². The van der Waals surface area contributed by atoms with Crippen molar-refractivity contribution in [1.29, 1.82) is 0 Å². The number of piperidine rings is 1. The van der Waals surface area contributed by atoms with E-state index >= 15 is 0 Å². The SMILES string of the molecule is Cl.O=C1COCC(=O)N1C1CC2CCC(C1)N2. The van der Waals surface area contributed by atoms with Crippen LogP contribution < -0.4 is 5.32 Å². The number of imide groups is 1. The molecule has 3 heterocycles. The summed E-state index contributed by atoms with van der Waals surface area (Å²) in [6, 6.07) is 1.09. The van der Waals surface area contributed by atoms with Gasteiger partial charge in [-0.1, -0.05) is 0 Å². The Bertz CT molecular complexity index is 309. The number of hydrogen-bond donors (Lipinski definition) is 1. The van der Waals surface area contributed by atoms with Crippen LogP contribution in [-0.2, 0) is 14.3 Å². The van der Waals surface area contributed by atoms with Crippen LogP contribution in [0.5, 0.6) is 0 Å². The highest BCUT2D eigenvalue weighted by molar-refractivity contribution is 5.98. The van der Waals surface area contributed by atoms with Crippen LogP contribution in [0, 0.1) is 0 Å². The lowest BCUT2D eigenvalue weighted by molar-refractivity contribution is -0.162. The smallest absolute Gasteiger partial charge is 0.255 e. The van der Waals surface area contributed by atoms with E-state index in [1.54, 1.807) is 0 Å². The van der Waals surface area contributed by atoms with Crippen LogP contribution in [0.15, 0.2) is 0 Å². The molecule has 2 unspecified atom stereocenters. The maximum atomic E-state index is 11.7. The summed E-state index contributed by atoms with van der Waals surface area (Å²) >= 11 is 0. The summed E-state index contributed by atoms with van der Waals surface area (Å²) in [6.45, 7) is 0.121. The van der Waals surface area contributed by atoms with E-state index < -0.39 is 0 Å². The van der Waals surface area contributed by atoms with E-state index in [-0.39, 0.29) is 43.5 Å². The second kappa shape index (κ2) is 4.92. The topological polar surface area (TPSA) is 58.6 Å². The van der Waals surface area contributed by atoms with Gasteiger partial charge in [0, 0.05) is 18.1 Å². The van der Waals surface area contributed by atoms with Gasteiger partial charge in [-0.05, 0) is 25.7 Å². The van der Waals surface area contributed by atoms with Crippen LogP contribution in [0.4, 0.5) is 0 Å². The van der Waals surface area contributed by atoms with Gasteiger partial charge in [0.2, 0.25) is 0 Å². The Morgan fingerprint density at radius 2 is 1.59 bits per heavy atom. The fraction of sp³-hybridized carbons (Fsp3) is 0.818. The number of hydrogen-bond acceptors (Lipinski definition) is 4. The van der Waals surface area contributed by atoms with Crippen molar-refractivity contribution in [1.82, 2.24) is 10.2 Å². The Labute approximate surface area is 106 Å². The molecule has 2 atom stereocenters. The lowest BCUT2D eigenvalue weighted by Gasteiger charge is -2.38. The molecule has 5 nitrogen and oxygen atoms in total. The van der Waals surface area contributed by atoms with Gasteiger partial charge in [-0.2, -0.15) is 0 Å². The van der Waals surface area contributed by atoms with Gasteiger partial charge in [-0.15, -0.1) is 12.4 Å².